The number of nitrogens with one attached hydrogen (secondary N) is 2. The number of H-pyrrole nitrogens is 1. The number of hydrogen-bond acceptors (Lipinski definition) is 4. The molecule has 1 aromatic heterocycles. The normalized spacial score (nSPS) is 14.3. The van der Waals surface area contributed by atoms with Crippen molar-refractivity contribution in [2.45, 2.75) is 26.4 Å². The molecule has 0 radical (unpaired) electrons. The van der Waals surface area contributed by atoms with Gasteiger partial charge in [0.15, 0.2) is 0 Å². The summed E-state index contributed by atoms with van der Waals surface area (Å²) in [6.07, 6.45) is 0.451. The van der Waals surface area contributed by atoms with Crippen molar-refractivity contribution in [2.75, 3.05) is 11.9 Å². The number of hydrogen-bond donors (Lipinski definition) is 3. The van der Waals surface area contributed by atoms with Gasteiger partial charge in [-0.3, -0.25) is 9.78 Å². The predicted molar refractivity (Wildman–Crippen MR) is 76.3 cm³/mol. The largest absolute Gasteiger partial charge is 0.391 e. The van der Waals surface area contributed by atoms with Crippen molar-refractivity contribution in [3.05, 3.63) is 34.6 Å². The first-order chi connectivity index (χ1) is 9.11. The Hall–Kier alpha value is -1.88. The van der Waals surface area contributed by atoms with Gasteiger partial charge in [-0.15, -0.1) is 0 Å². The fourth-order valence-corrected chi connectivity index (χ4v) is 1.84. The minimum Gasteiger partial charge on any atom is -0.391 e. The molecule has 0 aliphatic rings. The second-order valence-corrected chi connectivity index (χ2v) is 4.77. The second-order valence-electron chi connectivity index (χ2n) is 4.77. The van der Waals surface area contributed by atoms with Crippen molar-refractivity contribution in [2.24, 2.45) is 5.92 Å². The molecule has 5 nitrogen and oxygen atoms in total. The van der Waals surface area contributed by atoms with Crippen molar-refractivity contribution in [1.29, 1.82) is 0 Å². The Kier molecular flexibility index (Phi) is 4.16. The van der Waals surface area contributed by atoms with Crippen molar-refractivity contribution in [1.82, 2.24) is 9.97 Å². The van der Waals surface area contributed by atoms with Crippen LogP contribution in [-0.2, 0) is 0 Å². The Morgan fingerprint density at radius 3 is 2.89 bits per heavy atom. The summed E-state index contributed by atoms with van der Waals surface area (Å²) in [7, 11) is 0. The molecule has 1 aromatic carbocycles. The summed E-state index contributed by atoms with van der Waals surface area (Å²) < 4.78 is 0. The summed E-state index contributed by atoms with van der Waals surface area (Å²) in [6.45, 7) is 4.39. The molecule has 0 aliphatic heterocycles. The highest BCUT2D eigenvalue weighted by molar-refractivity contribution is 5.78. The monoisotopic (exact) mass is 261 g/mol. The number of aromatic amines is 1. The van der Waals surface area contributed by atoms with Crippen LogP contribution in [0.3, 0.4) is 0 Å². The van der Waals surface area contributed by atoms with E-state index in [0.29, 0.717) is 23.4 Å². The van der Waals surface area contributed by atoms with Gasteiger partial charge in [0.05, 0.1) is 17.0 Å². The summed E-state index contributed by atoms with van der Waals surface area (Å²) in [5.74, 6) is 0.603. The van der Waals surface area contributed by atoms with Gasteiger partial charge in [-0.2, -0.15) is 0 Å². The lowest BCUT2D eigenvalue weighted by atomic mass is 10.0. The Labute approximate surface area is 111 Å². The van der Waals surface area contributed by atoms with E-state index in [1.165, 1.54) is 0 Å². The summed E-state index contributed by atoms with van der Waals surface area (Å²) in [5, 5.41) is 13.4. The maximum Gasteiger partial charge on any atom is 0.260 e. The number of aliphatic hydroxyl groups excluding tert-OH is 1. The fourth-order valence-electron chi connectivity index (χ4n) is 1.84. The Balaban J connectivity index is 2.16. The fraction of sp³-hybridized carbons (Fsp3) is 0.429. The Bertz CT molecular complexity index is 609. The number of aromatic nitrogens is 2. The van der Waals surface area contributed by atoms with Crippen molar-refractivity contribution in [3.8, 4) is 0 Å². The molecule has 1 heterocycles. The van der Waals surface area contributed by atoms with Gasteiger partial charge in [-0.1, -0.05) is 32.4 Å². The molecule has 0 spiro atoms. The van der Waals surface area contributed by atoms with Crippen LogP contribution in [0, 0.1) is 5.92 Å². The Morgan fingerprint density at radius 1 is 1.42 bits per heavy atom. The molecule has 0 amide bonds. The van der Waals surface area contributed by atoms with E-state index >= 15 is 0 Å². The van der Waals surface area contributed by atoms with Crippen molar-refractivity contribution >= 4 is 16.9 Å². The molecule has 0 fully saturated rings. The highest BCUT2D eigenvalue weighted by atomic mass is 16.3. The van der Waals surface area contributed by atoms with Crippen molar-refractivity contribution < 1.29 is 5.11 Å². The zero-order valence-corrected chi connectivity index (χ0v) is 11.2. The quantitative estimate of drug-likeness (QED) is 0.766. The molecule has 0 aliphatic carbocycles. The minimum atomic E-state index is -0.457. The van der Waals surface area contributed by atoms with E-state index < -0.39 is 6.10 Å². The molecule has 0 saturated carbocycles. The van der Waals surface area contributed by atoms with E-state index in [2.05, 4.69) is 15.3 Å². The summed E-state index contributed by atoms with van der Waals surface area (Å²) in [6, 6.07) is 7.17. The average molecular weight is 261 g/mol. The first kappa shape index (κ1) is 13.5. The lowest BCUT2D eigenvalue weighted by Gasteiger charge is -2.17. The number of rotatable bonds is 5. The number of fused-ring (bicyclic) bond motifs is 1. The lowest BCUT2D eigenvalue weighted by molar-refractivity contribution is 0.126. The maximum atomic E-state index is 11.8. The van der Waals surface area contributed by atoms with Crippen LogP contribution in [0.4, 0.5) is 5.95 Å². The van der Waals surface area contributed by atoms with E-state index in [-0.39, 0.29) is 11.5 Å². The molecule has 2 atom stereocenters. The van der Waals surface area contributed by atoms with Crippen LogP contribution >= 0.6 is 0 Å². The molecular weight excluding hydrogens is 242 g/mol. The molecule has 2 rings (SSSR count). The van der Waals surface area contributed by atoms with Gasteiger partial charge in [0.25, 0.3) is 5.56 Å². The van der Waals surface area contributed by atoms with E-state index in [4.69, 9.17) is 0 Å². The van der Waals surface area contributed by atoms with Gasteiger partial charge in [-0.05, 0) is 18.1 Å². The zero-order chi connectivity index (χ0) is 13.8. The molecule has 102 valence electrons. The zero-order valence-electron chi connectivity index (χ0n) is 11.2. The average Bonchev–Trinajstić information content (AvgIpc) is 2.44. The lowest BCUT2D eigenvalue weighted by Crippen LogP contribution is -2.27. The minimum absolute atomic E-state index is 0.175. The smallest absolute Gasteiger partial charge is 0.260 e. The van der Waals surface area contributed by atoms with Crippen LogP contribution in [0.15, 0.2) is 29.1 Å². The maximum absolute atomic E-state index is 11.8. The van der Waals surface area contributed by atoms with Crippen molar-refractivity contribution in [3.63, 3.8) is 0 Å². The molecule has 0 saturated heterocycles. The van der Waals surface area contributed by atoms with E-state index in [9.17, 15) is 9.90 Å². The Morgan fingerprint density at radius 2 is 2.16 bits per heavy atom. The SMILES string of the molecule is CC[C@@H](C)[C@H](O)CNc1nc2ccccc2c(=O)[nH]1. The number of aliphatic hydroxyl groups is 1. The third-order valence-electron chi connectivity index (χ3n) is 3.39. The molecule has 0 unspecified atom stereocenters. The van der Waals surface area contributed by atoms with Gasteiger partial charge in [0.2, 0.25) is 5.95 Å². The van der Waals surface area contributed by atoms with Crippen LogP contribution in [0.2, 0.25) is 0 Å². The molecule has 5 heteroatoms. The van der Waals surface area contributed by atoms with E-state index in [1.807, 2.05) is 19.9 Å². The molecule has 19 heavy (non-hydrogen) atoms. The van der Waals surface area contributed by atoms with Gasteiger partial charge in [0, 0.05) is 6.54 Å². The van der Waals surface area contributed by atoms with Crippen LogP contribution in [0.25, 0.3) is 10.9 Å². The predicted octanol–water partition coefficient (Wildman–Crippen LogP) is 1.74. The number of nitrogens with zero attached hydrogens (tertiary/aromatic N) is 1. The summed E-state index contributed by atoms with van der Waals surface area (Å²) in [5.41, 5.74) is 0.470. The molecule has 0 bridgehead atoms. The molecular formula is C14H19N3O2. The van der Waals surface area contributed by atoms with Gasteiger partial charge in [-0.25, -0.2) is 4.98 Å². The highest BCUT2D eigenvalue weighted by Gasteiger charge is 2.12. The molecule has 2 aromatic rings. The second kappa shape index (κ2) is 5.84. The van der Waals surface area contributed by atoms with Crippen LogP contribution in [0.1, 0.15) is 20.3 Å². The number of benzene rings is 1. The van der Waals surface area contributed by atoms with Gasteiger partial charge >= 0.3 is 0 Å². The van der Waals surface area contributed by atoms with E-state index in [0.717, 1.165) is 6.42 Å². The summed E-state index contributed by atoms with van der Waals surface area (Å²) in [4.78, 5) is 18.8. The third-order valence-corrected chi connectivity index (χ3v) is 3.39. The standard InChI is InChI=1S/C14H19N3O2/c1-3-9(2)12(18)8-15-14-16-11-7-5-4-6-10(11)13(19)17-14/h4-7,9,12,18H,3,8H2,1-2H3,(H2,15,16,17,19)/t9-,12-/m1/s1. The summed E-state index contributed by atoms with van der Waals surface area (Å²) >= 11 is 0. The first-order valence-corrected chi connectivity index (χ1v) is 6.52. The van der Waals surface area contributed by atoms with E-state index in [1.54, 1.807) is 18.2 Å². The van der Waals surface area contributed by atoms with Gasteiger partial charge < -0.3 is 10.4 Å². The van der Waals surface area contributed by atoms with Gasteiger partial charge in [0.1, 0.15) is 0 Å². The highest BCUT2D eigenvalue weighted by Crippen LogP contribution is 2.10. The number of para-hydroxylation sites is 1. The van der Waals surface area contributed by atoms with Crippen LogP contribution < -0.4 is 10.9 Å². The number of anilines is 1. The van der Waals surface area contributed by atoms with Crippen LogP contribution in [0.5, 0.6) is 0 Å². The first-order valence-electron chi connectivity index (χ1n) is 6.52. The van der Waals surface area contributed by atoms with Crippen LogP contribution in [-0.4, -0.2) is 27.7 Å². The topological polar surface area (TPSA) is 78.0 Å². The third kappa shape index (κ3) is 3.12. The molecule has 3 N–H and O–H groups in total.